The summed E-state index contributed by atoms with van der Waals surface area (Å²) in [6.45, 7) is 2.05. The van der Waals surface area contributed by atoms with Crippen molar-refractivity contribution in [1.29, 1.82) is 0 Å². The van der Waals surface area contributed by atoms with Crippen LogP contribution in [0.5, 0.6) is 0 Å². The Morgan fingerprint density at radius 2 is 1.96 bits per heavy atom. The van der Waals surface area contributed by atoms with E-state index in [-0.39, 0.29) is 0 Å². The highest BCUT2D eigenvalue weighted by Crippen LogP contribution is 2.33. The number of rotatable bonds is 6. The van der Waals surface area contributed by atoms with Gasteiger partial charge in [0.25, 0.3) is 0 Å². The summed E-state index contributed by atoms with van der Waals surface area (Å²) in [6, 6.07) is 5.47. The third-order valence-corrected chi connectivity index (χ3v) is 4.87. The van der Waals surface area contributed by atoms with Gasteiger partial charge in [-0.25, -0.2) is 0 Å². The molecule has 3 rings (SSSR count). The summed E-state index contributed by atoms with van der Waals surface area (Å²) in [5, 5.41) is 8.75. The Kier molecular flexibility index (Phi) is 5.73. The lowest BCUT2D eigenvalue weighted by atomic mass is 9.89. The molecule has 24 heavy (non-hydrogen) atoms. The highest BCUT2D eigenvalue weighted by molar-refractivity contribution is 6.35. The number of hydrogen-bond donors (Lipinski definition) is 1. The molecular formula is C16H19Cl2N3O3. The SMILES string of the molecule is COCc1noc(C2(NCc3c(Cl)cccc3Cl)CCOCC2)n1. The number of benzene rings is 1. The second-order valence-corrected chi connectivity index (χ2v) is 6.51. The zero-order valence-corrected chi connectivity index (χ0v) is 14.9. The smallest absolute Gasteiger partial charge is 0.247 e. The molecule has 1 aliphatic heterocycles. The Bertz CT molecular complexity index is 667. The zero-order valence-electron chi connectivity index (χ0n) is 13.3. The van der Waals surface area contributed by atoms with Crippen LogP contribution in [0, 0.1) is 0 Å². The van der Waals surface area contributed by atoms with E-state index in [0.717, 1.165) is 18.4 Å². The molecule has 1 aromatic heterocycles. The van der Waals surface area contributed by atoms with E-state index in [1.807, 2.05) is 18.2 Å². The van der Waals surface area contributed by atoms with Crippen molar-refractivity contribution < 1.29 is 14.0 Å². The average Bonchev–Trinajstić information content (AvgIpc) is 3.05. The van der Waals surface area contributed by atoms with Gasteiger partial charge in [-0.15, -0.1) is 0 Å². The Morgan fingerprint density at radius 1 is 1.25 bits per heavy atom. The second kappa shape index (κ2) is 7.80. The van der Waals surface area contributed by atoms with Gasteiger partial charge in [0.1, 0.15) is 12.1 Å². The summed E-state index contributed by atoms with van der Waals surface area (Å²) in [4.78, 5) is 4.47. The van der Waals surface area contributed by atoms with Crippen LogP contribution >= 0.6 is 23.2 Å². The van der Waals surface area contributed by atoms with Gasteiger partial charge in [0.05, 0.1) is 0 Å². The zero-order chi connectivity index (χ0) is 17.0. The van der Waals surface area contributed by atoms with Crippen LogP contribution in [0.15, 0.2) is 22.7 Å². The molecule has 0 atom stereocenters. The highest BCUT2D eigenvalue weighted by Gasteiger charge is 2.39. The molecule has 1 aliphatic rings. The molecule has 8 heteroatoms. The van der Waals surface area contributed by atoms with E-state index in [0.29, 0.717) is 48.1 Å². The van der Waals surface area contributed by atoms with Gasteiger partial charge in [-0.2, -0.15) is 4.98 Å². The fourth-order valence-electron chi connectivity index (χ4n) is 2.78. The summed E-state index contributed by atoms with van der Waals surface area (Å²) in [6.07, 6.45) is 1.45. The number of aromatic nitrogens is 2. The van der Waals surface area contributed by atoms with Gasteiger partial charge in [-0.3, -0.25) is 5.32 Å². The van der Waals surface area contributed by atoms with E-state index in [1.54, 1.807) is 7.11 Å². The number of halogens is 2. The monoisotopic (exact) mass is 371 g/mol. The molecule has 1 aromatic carbocycles. The van der Waals surface area contributed by atoms with Crippen molar-refractivity contribution in [2.75, 3.05) is 20.3 Å². The van der Waals surface area contributed by atoms with E-state index in [4.69, 9.17) is 37.2 Å². The van der Waals surface area contributed by atoms with Crippen LogP contribution < -0.4 is 5.32 Å². The van der Waals surface area contributed by atoms with Crippen LogP contribution in [-0.2, 0) is 28.2 Å². The fraction of sp³-hybridized carbons (Fsp3) is 0.500. The third kappa shape index (κ3) is 3.73. The van der Waals surface area contributed by atoms with E-state index in [1.165, 1.54) is 0 Å². The van der Waals surface area contributed by atoms with Crippen molar-refractivity contribution in [3.05, 3.63) is 45.5 Å². The van der Waals surface area contributed by atoms with Gasteiger partial charge in [0, 0.05) is 42.5 Å². The molecule has 6 nitrogen and oxygen atoms in total. The van der Waals surface area contributed by atoms with Crippen molar-refractivity contribution in [2.24, 2.45) is 0 Å². The molecule has 130 valence electrons. The minimum absolute atomic E-state index is 0.312. The Hall–Kier alpha value is -1.18. The quantitative estimate of drug-likeness (QED) is 0.839. The summed E-state index contributed by atoms with van der Waals surface area (Å²) < 4.78 is 16.0. The van der Waals surface area contributed by atoms with Gasteiger partial charge in [0.15, 0.2) is 5.82 Å². The van der Waals surface area contributed by atoms with Crippen LogP contribution in [-0.4, -0.2) is 30.5 Å². The summed E-state index contributed by atoms with van der Waals surface area (Å²) in [7, 11) is 1.60. The second-order valence-electron chi connectivity index (χ2n) is 5.70. The normalized spacial score (nSPS) is 17.1. The molecular weight excluding hydrogens is 353 g/mol. The molecule has 1 N–H and O–H groups in total. The van der Waals surface area contributed by atoms with Crippen molar-refractivity contribution in [2.45, 2.75) is 31.5 Å². The molecule has 0 spiro atoms. The molecule has 0 saturated carbocycles. The maximum atomic E-state index is 6.27. The molecule has 0 radical (unpaired) electrons. The Labute approximate surface area is 150 Å². The van der Waals surface area contributed by atoms with Crippen LogP contribution in [0.1, 0.15) is 30.1 Å². The van der Waals surface area contributed by atoms with Gasteiger partial charge < -0.3 is 14.0 Å². The number of ether oxygens (including phenoxy) is 2. The lowest BCUT2D eigenvalue weighted by Crippen LogP contribution is -2.46. The van der Waals surface area contributed by atoms with Gasteiger partial charge in [0.2, 0.25) is 5.89 Å². The standard InChI is InChI=1S/C16H19Cl2N3O3/c1-22-10-14-20-15(24-21-14)16(5-7-23-8-6-16)19-9-11-12(17)3-2-4-13(11)18/h2-4,19H,5-10H2,1H3. The first kappa shape index (κ1) is 17.6. The van der Waals surface area contributed by atoms with Crippen LogP contribution in [0.3, 0.4) is 0 Å². The fourth-order valence-corrected chi connectivity index (χ4v) is 3.31. The van der Waals surface area contributed by atoms with Crippen molar-refractivity contribution in [1.82, 2.24) is 15.5 Å². The largest absolute Gasteiger partial charge is 0.381 e. The minimum Gasteiger partial charge on any atom is -0.381 e. The van der Waals surface area contributed by atoms with Crippen LogP contribution in [0.4, 0.5) is 0 Å². The Balaban J connectivity index is 1.83. The molecule has 0 aliphatic carbocycles. The van der Waals surface area contributed by atoms with E-state index in [9.17, 15) is 0 Å². The van der Waals surface area contributed by atoms with Crippen molar-refractivity contribution in [3.8, 4) is 0 Å². The lowest BCUT2D eigenvalue weighted by molar-refractivity contribution is 0.0218. The predicted molar refractivity (Wildman–Crippen MR) is 90.0 cm³/mol. The number of nitrogens with zero attached hydrogens (tertiary/aromatic N) is 2. The number of methoxy groups -OCH3 is 1. The molecule has 2 aromatic rings. The summed E-state index contributed by atoms with van der Waals surface area (Å²) in [5.74, 6) is 1.07. The minimum atomic E-state index is -0.459. The first-order valence-electron chi connectivity index (χ1n) is 7.72. The highest BCUT2D eigenvalue weighted by atomic mass is 35.5. The molecule has 1 fully saturated rings. The molecule has 0 amide bonds. The summed E-state index contributed by atoms with van der Waals surface area (Å²) >= 11 is 12.5. The van der Waals surface area contributed by atoms with Crippen molar-refractivity contribution in [3.63, 3.8) is 0 Å². The van der Waals surface area contributed by atoms with Crippen LogP contribution in [0.25, 0.3) is 0 Å². The average molecular weight is 372 g/mol. The molecule has 0 bridgehead atoms. The van der Waals surface area contributed by atoms with Crippen LogP contribution in [0.2, 0.25) is 10.0 Å². The predicted octanol–water partition coefficient (Wildman–Crippen LogP) is 3.32. The van der Waals surface area contributed by atoms with E-state index < -0.39 is 5.54 Å². The molecule has 0 unspecified atom stereocenters. The first-order chi connectivity index (χ1) is 11.6. The Morgan fingerprint density at radius 3 is 2.62 bits per heavy atom. The number of hydrogen-bond acceptors (Lipinski definition) is 6. The molecule has 2 heterocycles. The topological polar surface area (TPSA) is 69.4 Å². The third-order valence-electron chi connectivity index (χ3n) is 4.16. The van der Waals surface area contributed by atoms with Gasteiger partial charge >= 0.3 is 0 Å². The van der Waals surface area contributed by atoms with Gasteiger partial charge in [-0.05, 0) is 25.0 Å². The maximum absolute atomic E-state index is 6.27. The summed E-state index contributed by atoms with van der Waals surface area (Å²) in [5.41, 5.74) is 0.392. The van der Waals surface area contributed by atoms with Gasteiger partial charge in [-0.1, -0.05) is 34.4 Å². The van der Waals surface area contributed by atoms with E-state index >= 15 is 0 Å². The maximum Gasteiger partial charge on any atom is 0.247 e. The van der Waals surface area contributed by atoms with E-state index in [2.05, 4.69) is 15.5 Å². The lowest BCUT2D eigenvalue weighted by Gasteiger charge is -2.35. The molecule has 1 saturated heterocycles. The first-order valence-corrected chi connectivity index (χ1v) is 8.48. The van der Waals surface area contributed by atoms with Crippen molar-refractivity contribution >= 4 is 23.2 Å². The number of nitrogens with one attached hydrogen (secondary N) is 1.